The van der Waals surface area contributed by atoms with Gasteiger partial charge in [0.15, 0.2) is 5.65 Å². The highest BCUT2D eigenvalue weighted by atomic mass is 16.5. The van der Waals surface area contributed by atoms with Crippen molar-refractivity contribution in [3.63, 3.8) is 0 Å². The van der Waals surface area contributed by atoms with Gasteiger partial charge in [-0.15, -0.1) is 0 Å². The predicted octanol–water partition coefficient (Wildman–Crippen LogP) is 2.65. The van der Waals surface area contributed by atoms with Gasteiger partial charge in [-0.2, -0.15) is 5.10 Å². The molecule has 0 aromatic carbocycles. The average molecular weight is 428 g/mol. The second-order valence-corrected chi connectivity index (χ2v) is 8.64. The van der Waals surface area contributed by atoms with Crippen LogP contribution >= 0.6 is 0 Å². The smallest absolute Gasteiger partial charge is 0.252 e. The Morgan fingerprint density at radius 3 is 2.84 bits per heavy atom. The number of aryl methyl sites for hydroxylation is 2. The fourth-order valence-electron chi connectivity index (χ4n) is 4.76. The Labute approximate surface area is 183 Å². The molecule has 0 bridgehead atoms. The van der Waals surface area contributed by atoms with Crippen molar-refractivity contribution < 1.29 is 14.3 Å². The van der Waals surface area contributed by atoms with Gasteiger partial charge in [-0.05, 0) is 57.9 Å². The summed E-state index contributed by atoms with van der Waals surface area (Å²) in [4.78, 5) is 31.7. The van der Waals surface area contributed by atoms with E-state index >= 15 is 0 Å². The van der Waals surface area contributed by atoms with E-state index in [2.05, 4.69) is 5.32 Å². The van der Waals surface area contributed by atoms with Crippen LogP contribution in [0.25, 0.3) is 5.65 Å². The molecule has 2 atom stereocenters. The minimum atomic E-state index is -0.301. The maximum absolute atomic E-state index is 13.0. The number of amides is 2. The second-order valence-electron chi connectivity index (χ2n) is 8.64. The molecular formula is C23H33N5O3. The lowest BCUT2D eigenvalue weighted by Gasteiger charge is -2.25. The number of carbonyl (C=O) groups excluding carboxylic acids is 2. The zero-order valence-corrected chi connectivity index (χ0v) is 18.8. The van der Waals surface area contributed by atoms with Crippen molar-refractivity contribution >= 4 is 17.5 Å². The minimum absolute atomic E-state index is 0.0265. The first-order valence-electron chi connectivity index (χ1n) is 11.5. The summed E-state index contributed by atoms with van der Waals surface area (Å²) in [5.74, 6) is 0.160. The van der Waals surface area contributed by atoms with E-state index in [4.69, 9.17) is 14.8 Å². The van der Waals surface area contributed by atoms with Crippen LogP contribution in [0.15, 0.2) is 6.07 Å². The number of fused-ring (bicyclic) bond motifs is 1. The van der Waals surface area contributed by atoms with Crippen LogP contribution in [0.3, 0.4) is 0 Å². The molecule has 168 valence electrons. The summed E-state index contributed by atoms with van der Waals surface area (Å²) >= 11 is 0. The molecule has 8 nitrogen and oxygen atoms in total. The first-order chi connectivity index (χ1) is 15.0. The Bertz CT molecular complexity index is 964. The van der Waals surface area contributed by atoms with Crippen molar-refractivity contribution in [2.75, 3.05) is 19.7 Å². The zero-order chi connectivity index (χ0) is 22.0. The Balaban J connectivity index is 1.55. The van der Waals surface area contributed by atoms with E-state index in [1.54, 1.807) is 0 Å². The van der Waals surface area contributed by atoms with E-state index in [1.165, 1.54) is 0 Å². The molecule has 0 saturated carbocycles. The number of hydrogen-bond donors (Lipinski definition) is 1. The van der Waals surface area contributed by atoms with E-state index in [0.29, 0.717) is 26.0 Å². The number of ether oxygens (including phenoxy) is 1. The van der Waals surface area contributed by atoms with E-state index in [-0.39, 0.29) is 24.0 Å². The van der Waals surface area contributed by atoms with Crippen LogP contribution in [-0.4, -0.2) is 57.1 Å². The quantitative estimate of drug-likeness (QED) is 0.734. The molecule has 2 aromatic heterocycles. The summed E-state index contributed by atoms with van der Waals surface area (Å²) in [5, 5.41) is 7.78. The molecule has 2 saturated heterocycles. The third-order valence-corrected chi connectivity index (χ3v) is 6.44. The molecule has 4 heterocycles. The Kier molecular flexibility index (Phi) is 6.55. The normalized spacial score (nSPS) is 21.2. The SMILES string of the molecule is CCCNC(=O)CCc1c(C)nc2cc(C3CCCN3C(=O)C3CCCO3)nn2c1C. The van der Waals surface area contributed by atoms with Gasteiger partial charge in [0.05, 0.1) is 11.7 Å². The lowest BCUT2D eigenvalue weighted by molar-refractivity contribution is -0.142. The highest BCUT2D eigenvalue weighted by Gasteiger charge is 2.37. The largest absolute Gasteiger partial charge is 0.368 e. The van der Waals surface area contributed by atoms with Crippen LogP contribution in [0.4, 0.5) is 0 Å². The second kappa shape index (κ2) is 9.34. The molecule has 0 spiro atoms. The van der Waals surface area contributed by atoms with E-state index < -0.39 is 0 Å². The summed E-state index contributed by atoms with van der Waals surface area (Å²) < 4.78 is 7.50. The molecule has 31 heavy (non-hydrogen) atoms. The first kappa shape index (κ1) is 21.7. The van der Waals surface area contributed by atoms with Gasteiger partial charge in [-0.1, -0.05) is 6.92 Å². The van der Waals surface area contributed by atoms with Crippen LogP contribution in [0.5, 0.6) is 0 Å². The monoisotopic (exact) mass is 427 g/mol. The van der Waals surface area contributed by atoms with E-state index in [0.717, 1.165) is 66.9 Å². The minimum Gasteiger partial charge on any atom is -0.368 e. The molecule has 0 aliphatic carbocycles. The van der Waals surface area contributed by atoms with Crippen molar-refractivity contribution in [2.45, 2.75) is 77.9 Å². The number of nitrogens with one attached hydrogen (secondary N) is 1. The summed E-state index contributed by atoms with van der Waals surface area (Å²) in [6.07, 6.45) is 5.35. The molecule has 2 aliphatic heterocycles. The van der Waals surface area contributed by atoms with Crippen molar-refractivity contribution in [3.8, 4) is 0 Å². The van der Waals surface area contributed by atoms with Gasteiger partial charge in [0.2, 0.25) is 5.91 Å². The average Bonchev–Trinajstić information content (AvgIpc) is 3.51. The van der Waals surface area contributed by atoms with Gasteiger partial charge in [-0.25, -0.2) is 9.50 Å². The highest BCUT2D eigenvalue weighted by Crippen LogP contribution is 2.34. The molecule has 4 rings (SSSR count). The lowest BCUT2D eigenvalue weighted by atomic mass is 10.1. The van der Waals surface area contributed by atoms with Gasteiger partial charge < -0.3 is 15.0 Å². The Hall–Kier alpha value is -2.48. The number of aromatic nitrogens is 3. The molecule has 2 aliphatic rings. The van der Waals surface area contributed by atoms with Crippen LogP contribution in [0, 0.1) is 13.8 Å². The summed E-state index contributed by atoms with van der Waals surface area (Å²) in [6.45, 7) is 8.19. The van der Waals surface area contributed by atoms with Crippen molar-refractivity contribution in [2.24, 2.45) is 0 Å². The maximum Gasteiger partial charge on any atom is 0.252 e. The number of likely N-dealkylation sites (tertiary alicyclic amines) is 1. The molecule has 8 heteroatoms. The molecule has 2 aromatic rings. The highest BCUT2D eigenvalue weighted by molar-refractivity contribution is 5.82. The van der Waals surface area contributed by atoms with Crippen LogP contribution in [0.2, 0.25) is 0 Å². The molecule has 2 amide bonds. The predicted molar refractivity (Wildman–Crippen MR) is 117 cm³/mol. The molecule has 0 radical (unpaired) electrons. The topological polar surface area (TPSA) is 88.8 Å². The van der Waals surface area contributed by atoms with Gasteiger partial charge in [0.1, 0.15) is 6.10 Å². The van der Waals surface area contributed by atoms with E-state index in [9.17, 15) is 9.59 Å². The Morgan fingerprint density at radius 1 is 1.26 bits per heavy atom. The van der Waals surface area contributed by atoms with Crippen molar-refractivity contribution in [3.05, 3.63) is 28.7 Å². The third-order valence-electron chi connectivity index (χ3n) is 6.44. The number of nitrogens with zero attached hydrogens (tertiary/aromatic N) is 4. The van der Waals surface area contributed by atoms with Crippen molar-refractivity contribution in [1.29, 1.82) is 0 Å². The maximum atomic E-state index is 13.0. The fourth-order valence-corrected chi connectivity index (χ4v) is 4.76. The van der Waals surface area contributed by atoms with Crippen molar-refractivity contribution in [1.82, 2.24) is 24.8 Å². The summed E-state index contributed by atoms with van der Waals surface area (Å²) in [7, 11) is 0. The van der Waals surface area contributed by atoms with Crippen LogP contribution in [0.1, 0.15) is 74.1 Å². The molecule has 2 fully saturated rings. The Morgan fingerprint density at radius 2 is 2.10 bits per heavy atom. The standard InChI is InChI=1S/C23H33N5O3/c1-4-11-24-22(29)10-9-17-15(2)25-21-14-18(26-28(21)16(17)3)19-7-5-12-27(19)23(30)20-8-6-13-31-20/h14,19-20H,4-13H2,1-3H3,(H,24,29). The third kappa shape index (κ3) is 4.44. The fraction of sp³-hybridized carbons (Fsp3) is 0.652. The van der Waals surface area contributed by atoms with Gasteiger partial charge >= 0.3 is 0 Å². The summed E-state index contributed by atoms with van der Waals surface area (Å²) in [6, 6.07) is 1.98. The number of carbonyl (C=O) groups is 2. The molecule has 2 unspecified atom stereocenters. The number of hydrogen-bond acceptors (Lipinski definition) is 5. The lowest BCUT2D eigenvalue weighted by Crippen LogP contribution is -2.38. The first-order valence-corrected chi connectivity index (χ1v) is 11.5. The van der Waals surface area contributed by atoms with Gasteiger partial charge in [0, 0.05) is 43.6 Å². The zero-order valence-electron chi connectivity index (χ0n) is 18.8. The van der Waals surface area contributed by atoms with Gasteiger partial charge in [-0.3, -0.25) is 9.59 Å². The number of rotatable bonds is 7. The van der Waals surface area contributed by atoms with Gasteiger partial charge in [0.25, 0.3) is 5.91 Å². The van der Waals surface area contributed by atoms with Crippen LogP contribution < -0.4 is 5.32 Å². The summed E-state index contributed by atoms with van der Waals surface area (Å²) in [5.41, 5.74) is 4.68. The van der Waals surface area contributed by atoms with Crippen LogP contribution in [-0.2, 0) is 20.7 Å². The molecule has 1 N–H and O–H groups in total. The van der Waals surface area contributed by atoms with E-state index in [1.807, 2.05) is 36.3 Å². The molecular weight excluding hydrogens is 394 g/mol.